The number of hydrogen-bond donors (Lipinski definition) is 0. The summed E-state index contributed by atoms with van der Waals surface area (Å²) in [4.78, 5) is 23.1. The molecule has 2 aromatic rings. The van der Waals surface area contributed by atoms with Gasteiger partial charge in [0.05, 0.1) is 21.9 Å². The second-order valence-electron chi connectivity index (χ2n) is 5.44. The number of nitrogens with zero attached hydrogens (tertiary/aromatic N) is 3. The van der Waals surface area contributed by atoms with Gasteiger partial charge in [0.1, 0.15) is 0 Å². The van der Waals surface area contributed by atoms with Gasteiger partial charge >= 0.3 is 0 Å². The minimum Gasteiger partial charge on any atom is -0.267 e. The Balaban J connectivity index is 1.99. The molecule has 2 aromatic carbocycles. The number of allylic oxidation sites excluding steroid dienone is 1. The van der Waals surface area contributed by atoms with Crippen LogP contribution in [0.3, 0.4) is 0 Å². The first-order valence-corrected chi connectivity index (χ1v) is 7.40. The summed E-state index contributed by atoms with van der Waals surface area (Å²) in [7, 11) is 0. The second-order valence-corrected chi connectivity index (χ2v) is 5.44. The molecule has 6 nitrogen and oxygen atoms in total. The Kier molecular flexibility index (Phi) is 3.95. The van der Waals surface area contributed by atoms with Crippen LogP contribution in [0.2, 0.25) is 0 Å². The minimum atomic E-state index is -0.448. The van der Waals surface area contributed by atoms with Crippen LogP contribution in [0.15, 0.2) is 65.3 Å². The van der Waals surface area contributed by atoms with E-state index in [4.69, 9.17) is 0 Å². The maximum atomic E-state index is 12.8. The summed E-state index contributed by atoms with van der Waals surface area (Å²) in [6, 6.07) is 15.4. The molecule has 0 bridgehead atoms. The van der Waals surface area contributed by atoms with Crippen molar-refractivity contribution in [1.29, 1.82) is 0 Å². The van der Waals surface area contributed by atoms with Gasteiger partial charge in [-0.05, 0) is 49.2 Å². The first-order chi connectivity index (χ1) is 11.5. The largest absolute Gasteiger partial charge is 0.280 e. The Bertz CT molecular complexity index is 868. The lowest BCUT2D eigenvalue weighted by Crippen LogP contribution is -2.21. The molecule has 0 spiro atoms. The van der Waals surface area contributed by atoms with Gasteiger partial charge in [-0.15, -0.1) is 0 Å². The molecule has 0 atom stereocenters. The smallest absolute Gasteiger partial charge is 0.267 e. The van der Waals surface area contributed by atoms with Gasteiger partial charge in [0.25, 0.3) is 11.6 Å². The molecule has 0 saturated carbocycles. The summed E-state index contributed by atoms with van der Waals surface area (Å²) in [5.41, 5.74) is 3.37. The van der Waals surface area contributed by atoms with E-state index in [1.807, 2.05) is 37.3 Å². The fourth-order valence-corrected chi connectivity index (χ4v) is 2.66. The fraction of sp³-hybridized carbons (Fsp3) is 0.111. The average molecular weight is 321 g/mol. The zero-order valence-electron chi connectivity index (χ0n) is 13.3. The van der Waals surface area contributed by atoms with Crippen LogP contribution in [-0.2, 0) is 4.79 Å². The first kappa shape index (κ1) is 15.6. The van der Waals surface area contributed by atoms with E-state index >= 15 is 0 Å². The molecular formula is C18H15N3O3. The van der Waals surface area contributed by atoms with E-state index in [1.54, 1.807) is 19.1 Å². The number of nitro groups is 1. The Labute approximate surface area is 138 Å². The molecule has 0 aromatic heterocycles. The highest BCUT2D eigenvalue weighted by atomic mass is 16.6. The van der Waals surface area contributed by atoms with Crippen molar-refractivity contribution in [1.82, 2.24) is 0 Å². The van der Waals surface area contributed by atoms with Gasteiger partial charge in [-0.25, -0.2) is 0 Å². The number of rotatable bonds is 3. The molecule has 0 N–H and O–H groups in total. The van der Waals surface area contributed by atoms with E-state index in [9.17, 15) is 14.9 Å². The number of para-hydroxylation sites is 1. The normalized spacial score (nSPS) is 16.2. The number of hydrazone groups is 1. The molecule has 0 aliphatic carbocycles. The van der Waals surface area contributed by atoms with Crippen LogP contribution in [0.4, 0.5) is 11.4 Å². The Hall–Kier alpha value is -3.28. The van der Waals surface area contributed by atoms with E-state index in [0.717, 1.165) is 11.1 Å². The molecule has 0 saturated heterocycles. The number of anilines is 1. The van der Waals surface area contributed by atoms with Gasteiger partial charge in [0, 0.05) is 12.1 Å². The molecule has 1 aliphatic heterocycles. The third kappa shape index (κ3) is 2.69. The quantitative estimate of drug-likeness (QED) is 0.490. The second kappa shape index (κ2) is 6.08. The first-order valence-electron chi connectivity index (χ1n) is 7.40. The third-order valence-corrected chi connectivity index (χ3v) is 3.90. The number of benzene rings is 2. The molecule has 0 unspecified atom stereocenters. The highest BCUT2D eigenvalue weighted by Gasteiger charge is 2.30. The summed E-state index contributed by atoms with van der Waals surface area (Å²) < 4.78 is 0. The van der Waals surface area contributed by atoms with Crippen LogP contribution in [0.1, 0.15) is 19.4 Å². The monoisotopic (exact) mass is 321 g/mol. The predicted octanol–water partition coefficient (Wildman–Crippen LogP) is 3.79. The molecule has 3 rings (SSSR count). The van der Waals surface area contributed by atoms with Crippen molar-refractivity contribution in [3.63, 3.8) is 0 Å². The van der Waals surface area contributed by atoms with Gasteiger partial charge < -0.3 is 0 Å². The molecule has 1 aliphatic rings. The van der Waals surface area contributed by atoms with Gasteiger partial charge in [-0.1, -0.05) is 18.2 Å². The third-order valence-electron chi connectivity index (χ3n) is 3.90. The van der Waals surface area contributed by atoms with Crippen LogP contribution in [0, 0.1) is 10.1 Å². The SMILES string of the molecule is CC1=NN(c2ccccc2)C(=O)/C1=C(\C)c1ccc([N+](=O)[O-])cc1. The van der Waals surface area contributed by atoms with Crippen molar-refractivity contribution in [2.75, 3.05) is 5.01 Å². The van der Waals surface area contributed by atoms with E-state index in [2.05, 4.69) is 5.10 Å². The van der Waals surface area contributed by atoms with Crippen LogP contribution < -0.4 is 5.01 Å². The Morgan fingerprint density at radius 2 is 1.71 bits per heavy atom. The highest BCUT2D eigenvalue weighted by Crippen LogP contribution is 2.29. The van der Waals surface area contributed by atoms with Crippen molar-refractivity contribution in [3.8, 4) is 0 Å². The summed E-state index contributed by atoms with van der Waals surface area (Å²) in [6.45, 7) is 3.60. The molecule has 0 radical (unpaired) electrons. The van der Waals surface area contributed by atoms with Gasteiger partial charge in [0.2, 0.25) is 0 Å². The molecular weight excluding hydrogens is 306 g/mol. The van der Waals surface area contributed by atoms with Gasteiger partial charge in [0.15, 0.2) is 0 Å². The van der Waals surface area contributed by atoms with E-state index in [1.165, 1.54) is 17.1 Å². The van der Waals surface area contributed by atoms with Crippen molar-refractivity contribution in [2.24, 2.45) is 5.10 Å². The lowest BCUT2D eigenvalue weighted by atomic mass is 9.98. The predicted molar refractivity (Wildman–Crippen MR) is 92.7 cm³/mol. The maximum Gasteiger partial charge on any atom is 0.280 e. The van der Waals surface area contributed by atoms with Crippen molar-refractivity contribution >= 4 is 28.6 Å². The number of hydrogen-bond acceptors (Lipinski definition) is 4. The highest BCUT2D eigenvalue weighted by molar-refractivity contribution is 6.33. The zero-order valence-corrected chi connectivity index (χ0v) is 13.3. The number of amides is 1. The van der Waals surface area contributed by atoms with Crippen LogP contribution in [0.25, 0.3) is 5.57 Å². The average Bonchev–Trinajstić information content (AvgIpc) is 2.89. The number of non-ortho nitro benzene ring substituents is 1. The Morgan fingerprint density at radius 3 is 2.29 bits per heavy atom. The van der Waals surface area contributed by atoms with E-state index in [-0.39, 0.29) is 11.6 Å². The molecule has 1 amide bonds. The van der Waals surface area contributed by atoms with Gasteiger partial charge in [-0.3, -0.25) is 14.9 Å². The molecule has 1 heterocycles. The molecule has 6 heteroatoms. The van der Waals surface area contributed by atoms with Crippen LogP contribution in [0.5, 0.6) is 0 Å². The minimum absolute atomic E-state index is 0.0191. The van der Waals surface area contributed by atoms with Crippen molar-refractivity contribution in [3.05, 3.63) is 75.8 Å². The number of carbonyl (C=O) groups excluding carboxylic acids is 1. The standard InChI is InChI=1S/C18H15N3O3/c1-12(14-8-10-16(11-9-14)21(23)24)17-13(2)19-20(18(17)22)15-6-4-3-5-7-15/h3-11H,1-2H3/b17-12+. The van der Waals surface area contributed by atoms with E-state index < -0.39 is 4.92 Å². The summed E-state index contributed by atoms with van der Waals surface area (Å²) in [6.07, 6.45) is 0. The number of carbonyl (C=O) groups is 1. The summed E-state index contributed by atoms with van der Waals surface area (Å²) in [5.74, 6) is -0.199. The molecule has 120 valence electrons. The maximum absolute atomic E-state index is 12.8. The zero-order chi connectivity index (χ0) is 17.3. The number of nitro benzene ring substituents is 1. The fourth-order valence-electron chi connectivity index (χ4n) is 2.66. The lowest BCUT2D eigenvalue weighted by Gasteiger charge is -2.12. The van der Waals surface area contributed by atoms with E-state index in [0.29, 0.717) is 17.0 Å². The van der Waals surface area contributed by atoms with Crippen LogP contribution >= 0.6 is 0 Å². The Morgan fingerprint density at radius 1 is 1.08 bits per heavy atom. The van der Waals surface area contributed by atoms with Crippen molar-refractivity contribution in [2.45, 2.75) is 13.8 Å². The summed E-state index contributed by atoms with van der Waals surface area (Å²) in [5, 5.41) is 16.5. The van der Waals surface area contributed by atoms with Crippen LogP contribution in [-0.4, -0.2) is 16.5 Å². The summed E-state index contributed by atoms with van der Waals surface area (Å²) >= 11 is 0. The molecule has 0 fully saturated rings. The van der Waals surface area contributed by atoms with Gasteiger partial charge in [-0.2, -0.15) is 10.1 Å². The van der Waals surface area contributed by atoms with Crippen molar-refractivity contribution < 1.29 is 9.72 Å². The topological polar surface area (TPSA) is 75.8 Å². The lowest BCUT2D eigenvalue weighted by molar-refractivity contribution is -0.384. The molecule has 24 heavy (non-hydrogen) atoms.